The first-order chi connectivity index (χ1) is 6.14. The minimum atomic E-state index is -3.05. The van der Waals surface area contributed by atoms with Crippen LogP contribution in [0.15, 0.2) is 11.6 Å². The molecule has 0 aliphatic carbocycles. The van der Waals surface area contributed by atoms with Gasteiger partial charge in [-0.25, -0.2) is 18.1 Å². The molecule has 74 valence electrons. The van der Waals surface area contributed by atoms with Crippen molar-refractivity contribution in [3.05, 3.63) is 16.6 Å². The first-order valence-electron chi connectivity index (χ1n) is 4.00. The summed E-state index contributed by atoms with van der Waals surface area (Å²) in [5.74, 6) is 0.130. The van der Waals surface area contributed by atoms with Gasteiger partial charge < -0.3 is 0 Å². The van der Waals surface area contributed by atoms with Crippen molar-refractivity contribution in [2.24, 2.45) is 0 Å². The molecular weight excluding hydrogens is 208 g/mol. The standard InChI is InChI=1S/C7H12N2O2S2/c1-2-13(10,11)9-4-3-7-8-5-6-12-7/h5-6,9H,2-4H2,1H3. The summed E-state index contributed by atoms with van der Waals surface area (Å²) in [7, 11) is -3.05. The van der Waals surface area contributed by atoms with E-state index in [0.29, 0.717) is 13.0 Å². The van der Waals surface area contributed by atoms with Crippen molar-refractivity contribution in [3.8, 4) is 0 Å². The Balaban J connectivity index is 2.30. The van der Waals surface area contributed by atoms with Crippen LogP contribution >= 0.6 is 11.3 Å². The lowest BCUT2D eigenvalue weighted by atomic mass is 10.5. The molecule has 0 saturated carbocycles. The summed E-state index contributed by atoms with van der Waals surface area (Å²) < 4.78 is 24.5. The molecule has 0 radical (unpaired) electrons. The predicted molar refractivity (Wildman–Crippen MR) is 53.3 cm³/mol. The van der Waals surface area contributed by atoms with Crippen molar-refractivity contribution in [3.63, 3.8) is 0 Å². The molecule has 0 bridgehead atoms. The summed E-state index contributed by atoms with van der Waals surface area (Å²) in [4.78, 5) is 4.05. The summed E-state index contributed by atoms with van der Waals surface area (Å²) in [5.41, 5.74) is 0. The van der Waals surface area contributed by atoms with Gasteiger partial charge in [0.05, 0.1) is 10.8 Å². The van der Waals surface area contributed by atoms with Crippen LogP contribution in [0.5, 0.6) is 0 Å². The summed E-state index contributed by atoms with van der Waals surface area (Å²) in [6.45, 7) is 2.05. The Labute approximate surface area is 82.1 Å². The molecule has 0 spiro atoms. The predicted octanol–water partition coefficient (Wildman–Crippen LogP) is 0.625. The zero-order valence-electron chi connectivity index (χ0n) is 7.36. The Kier molecular flexibility index (Phi) is 3.83. The number of thiazole rings is 1. The Morgan fingerprint density at radius 2 is 2.38 bits per heavy atom. The second-order valence-corrected chi connectivity index (χ2v) is 5.55. The van der Waals surface area contributed by atoms with Gasteiger partial charge in [-0.05, 0) is 6.92 Å². The summed E-state index contributed by atoms with van der Waals surface area (Å²) in [5, 5.41) is 2.84. The molecular formula is C7H12N2O2S2. The number of hydrogen-bond donors (Lipinski definition) is 1. The number of rotatable bonds is 5. The second-order valence-electron chi connectivity index (χ2n) is 2.47. The zero-order chi connectivity index (χ0) is 9.73. The van der Waals surface area contributed by atoms with Crippen LogP contribution in [0, 0.1) is 0 Å². The molecule has 1 heterocycles. The lowest BCUT2D eigenvalue weighted by Gasteiger charge is -2.01. The molecule has 0 aliphatic rings. The number of nitrogens with zero attached hydrogens (tertiary/aromatic N) is 1. The average Bonchev–Trinajstić information content (AvgIpc) is 2.57. The fourth-order valence-electron chi connectivity index (χ4n) is 0.792. The summed E-state index contributed by atoms with van der Waals surface area (Å²) >= 11 is 1.54. The quantitative estimate of drug-likeness (QED) is 0.791. The SMILES string of the molecule is CCS(=O)(=O)NCCc1nccs1. The molecule has 6 heteroatoms. The van der Waals surface area contributed by atoms with Crippen molar-refractivity contribution in [2.75, 3.05) is 12.3 Å². The van der Waals surface area contributed by atoms with Crippen molar-refractivity contribution in [1.29, 1.82) is 0 Å². The molecule has 1 N–H and O–H groups in total. The largest absolute Gasteiger partial charge is 0.250 e. The van der Waals surface area contributed by atoms with E-state index in [0.717, 1.165) is 5.01 Å². The van der Waals surface area contributed by atoms with E-state index in [2.05, 4.69) is 9.71 Å². The molecule has 0 aliphatic heterocycles. The highest BCUT2D eigenvalue weighted by Crippen LogP contribution is 2.03. The van der Waals surface area contributed by atoms with Gasteiger partial charge in [0, 0.05) is 24.5 Å². The minimum absolute atomic E-state index is 0.130. The van der Waals surface area contributed by atoms with Gasteiger partial charge in [-0.2, -0.15) is 0 Å². The molecule has 1 aromatic heterocycles. The molecule has 1 rings (SSSR count). The Hall–Kier alpha value is -0.460. The molecule has 0 saturated heterocycles. The second kappa shape index (κ2) is 4.69. The highest BCUT2D eigenvalue weighted by atomic mass is 32.2. The van der Waals surface area contributed by atoms with Crippen molar-refractivity contribution >= 4 is 21.4 Å². The number of hydrogen-bond acceptors (Lipinski definition) is 4. The molecule has 0 atom stereocenters. The molecule has 13 heavy (non-hydrogen) atoms. The first kappa shape index (κ1) is 10.6. The smallest absolute Gasteiger partial charge is 0.211 e. The van der Waals surface area contributed by atoms with Crippen LogP contribution in [-0.2, 0) is 16.4 Å². The van der Waals surface area contributed by atoms with Crippen LogP contribution in [-0.4, -0.2) is 25.7 Å². The molecule has 0 aromatic carbocycles. The van der Waals surface area contributed by atoms with Crippen LogP contribution in [0.1, 0.15) is 11.9 Å². The van der Waals surface area contributed by atoms with E-state index < -0.39 is 10.0 Å². The number of aromatic nitrogens is 1. The zero-order valence-corrected chi connectivity index (χ0v) is 8.99. The van der Waals surface area contributed by atoms with Gasteiger partial charge in [0.25, 0.3) is 0 Å². The Morgan fingerprint density at radius 3 is 2.92 bits per heavy atom. The first-order valence-corrected chi connectivity index (χ1v) is 6.53. The van der Waals surface area contributed by atoms with E-state index in [-0.39, 0.29) is 5.75 Å². The molecule has 0 amide bonds. The van der Waals surface area contributed by atoms with Crippen molar-refractivity contribution < 1.29 is 8.42 Å². The van der Waals surface area contributed by atoms with Gasteiger partial charge in [0.2, 0.25) is 10.0 Å². The van der Waals surface area contributed by atoms with Crippen molar-refractivity contribution in [1.82, 2.24) is 9.71 Å². The highest BCUT2D eigenvalue weighted by molar-refractivity contribution is 7.89. The van der Waals surface area contributed by atoms with E-state index in [1.807, 2.05) is 5.38 Å². The third-order valence-electron chi connectivity index (χ3n) is 1.52. The molecule has 0 fully saturated rings. The maximum absolute atomic E-state index is 11.0. The maximum atomic E-state index is 11.0. The topological polar surface area (TPSA) is 59.1 Å². The fraction of sp³-hybridized carbons (Fsp3) is 0.571. The maximum Gasteiger partial charge on any atom is 0.211 e. The average molecular weight is 220 g/mol. The lowest BCUT2D eigenvalue weighted by Crippen LogP contribution is -2.27. The lowest BCUT2D eigenvalue weighted by molar-refractivity contribution is 0.583. The van der Waals surface area contributed by atoms with Gasteiger partial charge in [-0.1, -0.05) is 0 Å². The monoisotopic (exact) mass is 220 g/mol. The van der Waals surface area contributed by atoms with E-state index in [4.69, 9.17) is 0 Å². The molecule has 1 aromatic rings. The van der Waals surface area contributed by atoms with Crippen LogP contribution in [0.4, 0.5) is 0 Å². The number of sulfonamides is 1. The van der Waals surface area contributed by atoms with Crippen LogP contribution < -0.4 is 4.72 Å². The summed E-state index contributed by atoms with van der Waals surface area (Å²) in [6, 6.07) is 0. The van der Waals surface area contributed by atoms with E-state index in [9.17, 15) is 8.42 Å². The van der Waals surface area contributed by atoms with E-state index in [1.54, 1.807) is 13.1 Å². The van der Waals surface area contributed by atoms with Gasteiger partial charge in [-0.3, -0.25) is 0 Å². The third kappa shape index (κ3) is 3.84. The van der Waals surface area contributed by atoms with Gasteiger partial charge in [0.15, 0.2) is 0 Å². The summed E-state index contributed by atoms with van der Waals surface area (Å²) in [6.07, 6.45) is 2.38. The highest BCUT2D eigenvalue weighted by Gasteiger charge is 2.05. The van der Waals surface area contributed by atoms with Crippen LogP contribution in [0.3, 0.4) is 0 Å². The fourth-order valence-corrected chi connectivity index (χ4v) is 2.03. The van der Waals surface area contributed by atoms with Gasteiger partial charge in [0.1, 0.15) is 0 Å². The number of nitrogens with one attached hydrogen (secondary N) is 1. The van der Waals surface area contributed by atoms with E-state index >= 15 is 0 Å². The van der Waals surface area contributed by atoms with Crippen molar-refractivity contribution in [2.45, 2.75) is 13.3 Å². The van der Waals surface area contributed by atoms with Gasteiger partial charge >= 0.3 is 0 Å². The Bertz CT molecular complexity index is 331. The Morgan fingerprint density at radius 1 is 1.62 bits per heavy atom. The van der Waals surface area contributed by atoms with Crippen LogP contribution in [0.25, 0.3) is 0 Å². The minimum Gasteiger partial charge on any atom is -0.250 e. The molecule has 4 nitrogen and oxygen atoms in total. The third-order valence-corrected chi connectivity index (χ3v) is 3.77. The van der Waals surface area contributed by atoms with Crippen LogP contribution in [0.2, 0.25) is 0 Å². The van der Waals surface area contributed by atoms with E-state index in [1.165, 1.54) is 11.3 Å². The molecule has 0 unspecified atom stereocenters. The van der Waals surface area contributed by atoms with Gasteiger partial charge in [-0.15, -0.1) is 11.3 Å². The normalized spacial score (nSPS) is 11.8.